The van der Waals surface area contributed by atoms with Crippen molar-refractivity contribution in [3.8, 4) is 5.75 Å². The van der Waals surface area contributed by atoms with Gasteiger partial charge in [0.25, 0.3) is 5.91 Å². The van der Waals surface area contributed by atoms with Gasteiger partial charge in [0.1, 0.15) is 5.75 Å². The fourth-order valence-electron chi connectivity index (χ4n) is 4.17. The molecule has 36 heavy (non-hydrogen) atoms. The molecule has 0 unspecified atom stereocenters. The number of nitrogens with zero attached hydrogens (tertiary/aromatic N) is 1. The first-order valence-corrected chi connectivity index (χ1v) is 11.4. The van der Waals surface area contributed by atoms with E-state index in [1.54, 1.807) is 49.4 Å². The van der Waals surface area contributed by atoms with Gasteiger partial charge in [-0.1, -0.05) is 55.8 Å². The Labute approximate surface area is 205 Å². The lowest BCUT2D eigenvalue weighted by atomic mass is 9.83. The summed E-state index contributed by atoms with van der Waals surface area (Å²) < 4.78 is 38.9. The molecule has 0 aliphatic carbocycles. The van der Waals surface area contributed by atoms with Crippen molar-refractivity contribution >= 4 is 29.1 Å². The van der Waals surface area contributed by atoms with Crippen molar-refractivity contribution in [2.75, 3.05) is 5.32 Å². The van der Waals surface area contributed by atoms with Crippen LogP contribution < -0.4 is 16.4 Å². The summed E-state index contributed by atoms with van der Waals surface area (Å²) >= 11 is 0. The highest BCUT2D eigenvalue weighted by Crippen LogP contribution is 2.33. The van der Waals surface area contributed by atoms with Crippen molar-refractivity contribution in [2.24, 2.45) is 22.6 Å². The van der Waals surface area contributed by atoms with Gasteiger partial charge >= 0.3 is 6.18 Å². The first kappa shape index (κ1) is 26.7. The molecule has 0 saturated carbocycles. The molecule has 0 fully saturated rings. The molecular weight excluding hydrogens is 477 g/mol. The number of halogens is 3. The normalized spacial score (nSPS) is 17.2. The molecule has 0 saturated heterocycles. The third kappa shape index (κ3) is 6.41. The molecule has 11 heteroatoms. The number of anilines is 1. The molecule has 0 radical (unpaired) electrons. The molecule has 0 bridgehead atoms. The quantitative estimate of drug-likeness (QED) is 0.389. The minimum atomic E-state index is -4.55. The van der Waals surface area contributed by atoms with Gasteiger partial charge in [-0.25, -0.2) is 4.99 Å². The van der Waals surface area contributed by atoms with Crippen molar-refractivity contribution in [3.63, 3.8) is 0 Å². The molecule has 8 nitrogen and oxygen atoms in total. The summed E-state index contributed by atoms with van der Waals surface area (Å²) in [4.78, 5) is 42.6. The number of fused-ring (bicyclic) bond motifs is 1. The summed E-state index contributed by atoms with van der Waals surface area (Å²) in [6.07, 6.45) is -7.54. The Bertz CT molecular complexity index is 1150. The van der Waals surface area contributed by atoms with Crippen molar-refractivity contribution in [1.82, 2.24) is 5.32 Å². The Morgan fingerprint density at radius 2 is 1.81 bits per heavy atom. The largest absolute Gasteiger partial charge is 0.506 e. The van der Waals surface area contributed by atoms with Gasteiger partial charge in [-0.3, -0.25) is 14.4 Å². The van der Waals surface area contributed by atoms with Gasteiger partial charge in [0.05, 0.1) is 11.4 Å². The number of hydrogen-bond acceptors (Lipinski definition) is 5. The van der Waals surface area contributed by atoms with Gasteiger partial charge in [0.15, 0.2) is 0 Å². The number of hydrogen-bond donors (Lipinski definition) is 4. The second-order valence-electron chi connectivity index (χ2n) is 8.50. The Morgan fingerprint density at radius 1 is 1.11 bits per heavy atom. The van der Waals surface area contributed by atoms with Crippen LogP contribution in [0, 0.1) is 11.8 Å². The van der Waals surface area contributed by atoms with E-state index in [4.69, 9.17) is 5.73 Å². The number of carbonyl (C=O) groups excluding carboxylic acids is 3. The van der Waals surface area contributed by atoms with Crippen molar-refractivity contribution < 1.29 is 32.7 Å². The number of nitrogens with one attached hydrogen (secondary N) is 2. The highest BCUT2D eigenvalue weighted by molar-refractivity contribution is 6.20. The smallest absolute Gasteiger partial charge is 0.389 e. The van der Waals surface area contributed by atoms with Gasteiger partial charge in [-0.15, -0.1) is 0 Å². The number of aliphatic imine (C=N–C) groups is 1. The number of carbonyl (C=O) groups is 3. The van der Waals surface area contributed by atoms with E-state index >= 15 is 0 Å². The molecule has 1 heterocycles. The molecular formula is C25H27F3N4O4. The molecule has 3 rings (SSSR count). The lowest BCUT2D eigenvalue weighted by Crippen LogP contribution is -2.48. The van der Waals surface area contributed by atoms with Gasteiger partial charge in [0, 0.05) is 29.4 Å². The predicted octanol–water partition coefficient (Wildman–Crippen LogP) is 3.48. The second kappa shape index (κ2) is 11.2. The van der Waals surface area contributed by atoms with Crippen LogP contribution in [0.25, 0.3) is 0 Å². The van der Waals surface area contributed by atoms with Crippen LogP contribution in [-0.4, -0.2) is 40.9 Å². The zero-order valence-corrected chi connectivity index (χ0v) is 19.5. The summed E-state index contributed by atoms with van der Waals surface area (Å²) in [5, 5.41) is 15.3. The minimum Gasteiger partial charge on any atom is -0.506 e. The number of primary amides is 1. The van der Waals surface area contributed by atoms with E-state index in [0.29, 0.717) is 17.5 Å². The summed E-state index contributed by atoms with van der Waals surface area (Å²) in [6, 6.07) is 13.3. The number of phenolic OH excluding ortho intramolecular Hbond substituents is 1. The zero-order chi connectivity index (χ0) is 26.5. The summed E-state index contributed by atoms with van der Waals surface area (Å²) in [5.74, 6) is -5.43. The number of para-hydroxylation sites is 1. The van der Waals surface area contributed by atoms with E-state index in [9.17, 15) is 32.7 Å². The fraction of sp³-hybridized carbons (Fsp3) is 0.360. The monoisotopic (exact) mass is 504 g/mol. The average Bonchev–Trinajstić information content (AvgIpc) is 2.95. The summed E-state index contributed by atoms with van der Waals surface area (Å²) in [7, 11) is 0. The van der Waals surface area contributed by atoms with E-state index in [1.165, 1.54) is 6.07 Å². The average molecular weight is 505 g/mol. The maximum atomic E-state index is 13.2. The van der Waals surface area contributed by atoms with Gasteiger partial charge in [-0.2, -0.15) is 13.2 Å². The predicted molar refractivity (Wildman–Crippen MR) is 127 cm³/mol. The van der Waals surface area contributed by atoms with Gasteiger partial charge in [0.2, 0.25) is 18.0 Å². The molecule has 3 atom stereocenters. The SMILES string of the molecule is CCC[C@H](C(N)=O)[C@@H](CCC(F)(F)F)C(=O)N[C@H]1N=C(c2ccccc2)c2cccc(O)c2NC1=O. The van der Waals surface area contributed by atoms with Crippen LogP contribution in [0.4, 0.5) is 18.9 Å². The number of benzodiazepines with no additional fused rings is 1. The van der Waals surface area contributed by atoms with Gasteiger partial charge in [-0.05, 0) is 18.9 Å². The number of aromatic hydroxyl groups is 1. The summed E-state index contributed by atoms with van der Waals surface area (Å²) in [6.45, 7) is 1.72. The Hall–Kier alpha value is -3.89. The zero-order valence-electron chi connectivity index (χ0n) is 19.5. The Kier molecular flexibility index (Phi) is 8.33. The van der Waals surface area contributed by atoms with Crippen LogP contribution in [0.15, 0.2) is 53.5 Å². The van der Waals surface area contributed by atoms with Crippen LogP contribution in [0.2, 0.25) is 0 Å². The molecule has 5 N–H and O–H groups in total. The lowest BCUT2D eigenvalue weighted by molar-refractivity contribution is -0.146. The molecule has 2 aromatic rings. The van der Waals surface area contributed by atoms with E-state index < -0.39 is 54.7 Å². The first-order valence-electron chi connectivity index (χ1n) is 11.4. The molecule has 0 spiro atoms. The van der Waals surface area contributed by atoms with E-state index in [1.807, 2.05) is 0 Å². The van der Waals surface area contributed by atoms with E-state index in [-0.39, 0.29) is 23.6 Å². The number of nitrogens with two attached hydrogens (primary N) is 1. The Morgan fingerprint density at radius 3 is 2.42 bits per heavy atom. The van der Waals surface area contributed by atoms with E-state index in [2.05, 4.69) is 15.6 Å². The molecule has 3 amide bonds. The summed E-state index contributed by atoms with van der Waals surface area (Å²) in [5.41, 5.74) is 6.75. The highest BCUT2D eigenvalue weighted by atomic mass is 19.4. The molecule has 0 aromatic heterocycles. The van der Waals surface area contributed by atoms with Crippen molar-refractivity contribution in [3.05, 3.63) is 59.7 Å². The fourth-order valence-corrected chi connectivity index (χ4v) is 4.17. The van der Waals surface area contributed by atoms with Crippen LogP contribution in [-0.2, 0) is 14.4 Å². The van der Waals surface area contributed by atoms with Gasteiger partial charge < -0.3 is 21.5 Å². The second-order valence-corrected chi connectivity index (χ2v) is 8.50. The maximum absolute atomic E-state index is 13.2. The number of alkyl halides is 3. The lowest BCUT2D eigenvalue weighted by Gasteiger charge is -2.25. The molecule has 1 aliphatic rings. The molecule has 1 aliphatic heterocycles. The first-order chi connectivity index (χ1) is 17.0. The number of rotatable bonds is 9. The maximum Gasteiger partial charge on any atom is 0.389 e. The van der Waals surface area contributed by atoms with Crippen LogP contribution in [0.1, 0.15) is 43.7 Å². The standard InChI is InChI=1S/C25H27F3N4O4/c1-2-7-15(21(29)34)16(12-13-25(26,27)28)23(35)32-22-24(36)31-20-17(10-6-11-18(20)33)19(30-22)14-8-4-3-5-9-14/h3-6,8-11,15-16,22,33H,2,7,12-13H2,1H3,(H2,29,34)(H,31,36)(H,32,35)/t15-,16+,22+/m0/s1. The van der Waals surface area contributed by atoms with Crippen LogP contribution in [0.3, 0.4) is 0 Å². The molecule has 2 aromatic carbocycles. The van der Waals surface area contributed by atoms with Crippen LogP contribution >= 0.6 is 0 Å². The number of benzene rings is 2. The third-order valence-corrected chi connectivity index (χ3v) is 5.90. The highest BCUT2D eigenvalue weighted by Gasteiger charge is 2.38. The topological polar surface area (TPSA) is 134 Å². The van der Waals surface area contributed by atoms with Crippen molar-refractivity contribution in [1.29, 1.82) is 0 Å². The van der Waals surface area contributed by atoms with Crippen LogP contribution in [0.5, 0.6) is 5.75 Å². The number of phenols is 1. The Balaban J connectivity index is 1.99. The third-order valence-electron chi connectivity index (χ3n) is 5.90. The minimum absolute atomic E-state index is 0.0801. The number of amides is 3. The van der Waals surface area contributed by atoms with E-state index in [0.717, 1.165) is 0 Å². The van der Waals surface area contributed by atoms with Crippen molar-refractivity contribution in [2.45, 2.75) is 44.9 Å². The molecule has 192 valence electrons.